The third kappa shape index (κ3) is 4.11. The van der Waals surface area contributed by atoms with E-state index in [1.54, 1.807) is 17.4 Å². The first-order chi connectivity index (χ1) is 9.20. The van der Waals surface area contributed by atoms with Crippen LogP contribution in [0.4, 0.5) is 0 Å². The summed E-state index contributed by atoms with van der Waals surface area (Å²) in [5.41, 5.74) is 0. The van der Waals surface area contributed by atoms with Crippen LogP contribution < -0.4 is 10.1 Å². The summed E-state index contributed by atoms with van der Waals surface area (Å²) in [7, 11) is 0. The molecule has 1 N–H and O–H groups in total. The molecule has 0 bridgehead atoms. The van der Waals surface area contributed by atoms with Crippen molar-refractivity contribution < 1.29 is 4.74 Å². The van der Waals surface area contributed by atoms with Gasteiger partial charge >= 0.3 is 0 Å². The number of hydrogen-bond acceptors (Lipinski definition) is 3. The van der Waals surface area contributed by atoms with Crippen LogP contribution in [0, 0.1) is 0 Å². The van der Waals surface area contributed by atoms with Gasteiger partial charge in [-0.1, -0.05) is 36.2 Å². The highest BCUT2D eigenvalue weighted by Gasteiger charge is 2.06. The van der Waals surface area contributed by atoms with Crippen LogP contribution in [-0.4, -0.2) is 6.54 Å². The second kappa shape index (κ2) is 7.15. The second-order valence-electron chi connectivity index (χ2n) is 3.99. The van der Waals surface area contributed by atoms with Crippen molar-refractivity contribution in [2.24, 2.45) is 0 Å². The second-order valence-corrected chi connectivity index (χ2v) is 6.03. The number of hydrogen-bond donors (Lipinski definition) is 1. The van der Waals surface area contributed by atoms with E-state index in [0.29, 0.717) is 22.4 Å². The standard InChI is InChI=1S/C14H15Cl2NOS/c1-2-17-8-10-6-7-11(19-10)9-18-13-5-3-4-12(15)14(13)16/h3-7,17H,2,8-9H2,1H3. The summed E-state index contributed by atoms with van der Waals surface area (Å²) >= 11 is 13.7. The Labute approximate surface area is 127 Å². The maximum atomic E-state index is 6.07. The van der Waals surface area contributed by atoms with E-state index in [9.17, 15) is 0 Å². The fourth-order valence-electron chi connectivity index (χ4n) is 1.59. The van der Waals surface area contributed by atoms with Gasteiger partial charge in [0.2, 0.25) is 0 Å². The summed E-state index contributed by atoms with van der Waals surface area (Å²) < 4.78 is 5.70. The zero-order chi connectivity index (χ0) is 13.7. The quantitative estimate of drug-likeness (QED) is 0.831. The van der Waals surface area contributed by atoms with Crippen molar-refractivity contribution >= 4 is 34.5 Å². The van der Waals surface area contributed by atoms with Gasteiger partial charge in [0.1, 0.15) is 17.4 Å². The normalized spacial score (nSPS) is 10.7. The van der Waals surface area contributed by atoms with Gasteiger partial charge in [-0.05, 0) is 30.8 Å². The van der Waals surface area contributed by atoms with Gasteiger partial charge in [-0.15, -0.1) is 11.3 Å². The first-order valence-electron chi connectivity index (χ1n) is 6.06. The van der Waals surface area contributed by atoms with Gasteiger partial charge < -0.3 is 10.1 Å². The predicted molar refractivity (Wildman–Crippen MR) is 82.5 cm³/mol. The summed E-state index contributed by atoms with van der Waals surface area (Å²) in [6, 6.07) is 9.59. The monoisotopic (exact) mass is 315 g/mol. The summed E-state index contributed by atoms with van der Waals surface area (Å²) in [6.07, 6.45) is 0. The largest absolute Gasteiger partial charge is 0.486 e. The molecule has 102 valence electrons. The van der Waals surface area contributed by atoms with Gasteiger partial charge in [-0.3, -0.25) is 0 Å². The minimum Gasteiger partial charge on any atom is -0.486 e. The Kier molecular flexibility index (Phi) is 5.52. The van der Waals surface area contributed by atoms with Crippen LogP contribution in [0.2, 0.25) is 10.0 Å². The first kappa shape index (κ1) is 14.7. The van der Waals surface area contributed by atoms with Crippen molar-refractivity contribution in [1.82, 2.24) is 5.32 Å². The summed E-state index contributed by atoms with van der Waals surface area (Å²) in [6.45, 7) is 4.48. The Morgan fingerprint density at radius 3 is 2.74 bits per heavy atom. The van der Waals surface area contributed by atoms with Crippen LogP contribution in [0.25, 0.3) is 0 Å². The molecule has 0 aliphatic carbocycles. The lowest BCUT2D eigenvalue weighted by Gasteiger charge is -2.07. The zero-order valence-corrected chi connectivity index (χ0v) is 12.9. The molecule has 0 fully saturated rings. The fourth-order valence-corrected chi connectivity index (χ4v) is 2.83. The lowest BCUT2D eigenvalue weighted by atomic mass is 10.3. The van der Waals surface area contributed by atoms with E-state index < -0.39 is 0 Å². The number of thiophene rings is 1. The number of nitrogens with one attached hydrogen (secondary N) is 1. The number of halogens is 2. The molecule has 0 unspecified atom stereocenters. The Bertz CT molecular complexity index is 542. The van der Waals surface area contributed by atoms with Crippen molar-refractivity contribution in [1.29, 1.82) is 0 Å². The van der Waals surface area contributed by atoms with Crippen LogP contribution in [-0.2, 0) is 13.2 Å². The van der Waals surface area contributed by atoms with Crippen LogP contribution in [0.15, 0.2) is 30.3 Å². The van der Waals surface area contributed by atoms with Crippen molar-refractivity contribution in [3.8, 4) is 5.75 Å². The van der Waals surface area contributed by atoms with Crippen LogP contribution >= 0.6 is 34.5 Å². The van der Waals surface area contributed by atoms with E-state index in [-0.39, 0.29) is 0 Å². The molecule has 0 amide bonds. The van der Waals surface area contributed by atoms with Crippen LogP contribution in [0.3, 0.4) is 0 Å². The highest BCUT2D eigenvalue weighted by atomic mass is 35.5. The molecule has 2 aromatic rings. The van der Waals surface area contributed by atoms with Crippen molar-refractivity contribution in [2.45, 2.75) is 20.1 Å². The molecule has 1 heterocycles. The Morgan fingerprint density at radius 2 is 1.95 bits per heavy atom. The van der Waals surface area contributed by atoms with E-state index in [1.807, 2.05) is 12.1 Å². The molecule has 0 saturated heterocycles. The van der Waals surface area contributed by atoms with Crippen LogP contribution in [0.1, 0.15) is 16.7 Å². The molecule has 0 saturated carbocycles. The molecular weight excluding hydrogens is 301 g/mol. The van der Waals surface area contributed by atoms with Gasteiger partial charge in [0.25, 0.3) is 0 Å². The maximum Gasteiger partial charge on any atom is 0.139 e. The van der Waals surface area contributed by atoms with Crippen molar-refractivity contribution in [3.63, 3.8) is 0 Å². The summed E-state index contributed by atoms with van der Waals surface area (Å²) in [4.78, 5) is 2.47. The predicted octanol–water partition coefficient (Wildman–Crippen LogP) is 4.74. The molecule has 0 radical (unpaired) electrons. The third-order valence-corrected chi connectivity index (χ3v) is 4.41. The SMILES string of the molecule is CCNCc1ccc(COc2cccc(Cl)c2Cl)s1. The molecule has 1 aromatic carbocycles. The van der Waals surface area contributed by atoms with Gasteiger partial charge in [0, 0.05) is 16.3 Å². The molecular formula is C14H15Cl2NOS. The zero-order valence-electron chi connectivity index (χ0n) is 10.6. The van der Waals surface area contributed by atoms with Crippen LogP contribution in [0.5, 0.6) is 5.75 Å². The molecule has 0 aliphatic heterocycles. The number of ether oxygens (including phenoxy) is 1. The molecule has 0 atom stereocenters. The number of rotatable bonds is 6. The molecule has 5 heteroatoms. The average Bonchev–Trinajstić information content (AvgIpc) is 2.86. The molecule has 19 heavy (non-hydrogen) atoms. The van der Waals surface area contributed by atoms with E-state index in [0.717, 1.165) is 13.1 Å². The van der Waals surface area contributed by atoms with Gasteiger partial charge in [-0.25, -0.2) is 0 Å². The molecule has 2 nitrogen and oxygen atoms in total. The third-order valence-electron chi connectivity index (χ3n) is 2.55. The Hall–Kier alpha value is -0.740. The van der Waals surface area contributed by atoms with E-state index in [1.165, 1.54) is 9.75 Å². The minimum atomic E-state index is 0.466. The smallest absolute Gasteiger partial charge is 0.139 e. The van der Waals surface area contributed by atoms with E-state index in [4.69, 9.17) is 27.9 Å². The molecule has 1 aromatic heterocycles. The summed E-state index contributed by atoms with van der Waals surface area (Å²) in [5.74, 6) is 0.621. The first-order valence-corrected chi connectivity index (χ1v) is 7.63. The van der Waals surface area contributed by atoms with E-state index >= 15 is 0 Å². The maximum absolute atomic E-state index is 6.07. The average molecular weight is 316 g/mol. The minimum absolute atomic E-state index is 0.466. The molecule has 0 aliphatic rings. The van der Waals surface area contributed by atoms with Crippen molar-refractivity contribution in [3.05, 3.63) is 50.1 Å². The van der Waals surface area contributed by atoms with Gasteiger partial charge in [0.15, 0.2) is 0 Å². The lowest BCUT2D eigenvalue weighted by molar-refractivity contribution is 0.310. The highest BCUT2D eigenvalue weighted by molar-refractivity contribution is 7.11. The molecule has 2 rings (SSSR count). The Morgan fingerprint density at radius 1 is 1.16 bits per heavy atom. The lowest BCUT2D eigenvalue weighted by Crippen LogP contribution is -2.10. The fraction of sp³-hybridized carbons (Fsp3) is 0.286. The Balaban J connectivity index is 1.95. The van der Waals surface area contributed by atoms with Crippen molar-refractivity contribution in [2.75, 3.05) is 6.54 Å². The number of benzene rings is 1. The van der Waals surface area contributed by atoms with Gasteiger partial charge in [-0.2, -0.15) is 0 Å². The van der Waals surface area contributed by atoms with Gasteiger partial charge in [0.05, 0.1) is 5.02 Å². The summed E-state index contributed by atoms with van der Waals surface area (Å²) in [5, 5.41) is 4.28. The highest BCUT2D eigenvalue weighted by Crippen LogP contribution is 2.32. The van der Waals surface area contributed by atoms with E-state index in [2.05, 4.69) is 24.4 Å². The topological polar surface area (TPSA) is 21.3 Å². The molecule has 0 spiro atoms.